The zero-order valence-electron chi connectivity index (χ0n) is 14.2. The number of hydrogen-bond acceptors (Lipinski definition) is 6. The van der Waals surface area contributed by atoms with Gasteiger partial charge in [0, 0.05) is 25.0 Å². The summed E-state index contributed by atoms with van der Waals surface area (Å²) in [6.45, 7) is 1.53. The second kappa shape index (κ2) is 7.03. The molecule has 8 nitrogen and oxygen atoms in total. The van der Waals surface area contributed by atoms with E-state index in [9.17, 15) is 13.2 Å². The number of benzene rings is 1. The normalized spacial score (nSPS) is 18.6. The SMILES string of the molecule is CNS(=O)(=O)c1cc(C(=O)NCC2CCCN2C)c2nccnc2c1. The quantitative estimate of drug-likeness (QED) is 0.795. The topological polar surface area (TPSA) is 104 Å². The number of carbonyl (C=O) groups excluding carboxylic acids is 1. The van der Waals surface area contributed by atoms with Gasteiger partial charge in [-0.2, -0.15) is 0 Å². The lowest BCUT2D eigenvalue weighted by Gasteiger charge is -2.19. The Bertz CT molecular complexity index is 900. The predicted molar refractivity (Wildman–Crippen MR) is 93.8 cm³/mol. The first-order valence-electron chi connectivity index (χ1n) is 8.09. The predicted octanol–water partition coefficient (Wildman–Crippen LogP) is 0.362. The lowest BCUT2D eigenvalue weighted by atomic mass is 10.1. The zero-order valence-corrected chi connectivity index (χ0v) is 15.0. The molecule has 0 spiro atoms. The maximum absolute atomic E-state index is 12.7. The Morgan fingerprint density at radius 2 is 2.08 bits per heavy atom. The first-order chi connectivity index (χ1) is 11.9. The molecule has 1 unspecified atom stereocenters. The van der Waals surface area contributed by atoms with E-state index in [1.807, 2.05) is 7.05 Å². The van der Waals surface area contributed by atoms with Gasteiger partial charge in [-0.15, -0.1) is 0 Å². The van der Waals surface area contributed by atoms with E-state index in [1.165, 1.54) is 31.6 Å². The van der Waals surface area contributed by atoms with Gasteiger partial charge in [-0.1, -0.05) is 0 Å². The molecule has 1 aromatic carbocycles. The van der Waals surface area contributed by atoms with Gasteiger partial charge in [-0.25, -0.2) is 13.1 Å². The number of hydrogen-bond donors (Lipinski definition) is 2. The van der Waals surface area contributed by atoms with Crippen LogP contribution in [0.25, 0.3) is 11.0 Å². The van der Waals surface area contributed by atoms with Crippen LogP contribution < -0.4 is 10.0 Å². The van der Waals surface area contributed by atoms with E-state index in [2.05, 4.69) is 24.9 Å². The van der Waals surface area contributed by atoms with Crippen molar-refractivity contribution in [3.63, 3.8) is 0 Å². The molecule has 25 heavy (non-hydrogen) atoms. The Labute approximate surface area is 146 Å². The van der Waals surface area contributed by atoms with E-state index in [0.717, 1.165) is 19.4 Å². The molecule has 0 aliphatic carbocycles. The summed E-state index contributed by atoms with van der Waals surface area (Å²) < 4.78 is 26.5. The second-order valence-electron chi connectivity index (χ2n) is 6.09. The van der Waals surface area contributed by atoms with Gasteiger partial charge in [0.2, 0.25) is 10.0 Å². The van der Waals surface area contributed by atoms with Crippen molar-refractivity contribution >= 4 is 27.0 Å². The van der Waals surface area contributed by atoms with Crippen molar-refractivity contribution < 1.29 is 13.2 Å². The summed E-state index contributed by atoms with van der Waals surface area (Å²) in [5, 5.41) is 2.90. The van der Waals surface area contributed by atoms with Crippen molar-refractivity contribution in [2.45, 2.75) is 23.8 Å². The summed E-state index contributed by atoms with van der Waals surface area (Å²) in [7, 11) is -0.333. The van der Waals surface area contributed by atoms with Gasteiger partial charge in [0.1, 0.15) is 5.52 Å². The van der Waals surface area contributed by atoms with Crippen LogP contribution in [-0.2, 0) is 10.0 Å². The Morgan fingerprint density at radius 3 is 2.76 bits per heavy atom. The van der Waals surface area contributed by atoms with Crippen molar-refractivity contribution in [1.82, 2.24) is 24.9 Å². The highest BCUT2D eigenvalue weighted by molar-refractivity contribution is 7.89. The number of carbonyl (C=O) groups is 1. The molecule has 0 radical (unpaired) electrons. The van der Waals surface area contributed by atoms with Crippen LogP contribution in [0.3, 0.4) is 0 Å². The third-order valence-electron chi connectivity index (χ3n) is 4.54. The van der Waals surface area contributed by atoms with Crippen molar-refractivity contribution in [3.8, 4) is 0 Å². The fraction of sp³-hybridized carbons (Fsp3) is 0.438. The summed E-state index contributed by atoms with van der Waals surface area (Å²) in [5.41, 5.74) is 0.955. The van der Waals surface area contributed by atoms with Gasteiger partial charge >= 0.3 is 0 Å². The highest BCUT2D eigenvalue weighted by Gasteiger charge is 2.23. The van der Waals surface area contributed by atoms with Gasteiger partial charge in [0.15, 0.2) is 0 Å². The Kier molecular flexibility index (Phi) is 4.98. The smallest absolute Gasteiger partial charge is 0.253 e. The summed E-state index contributed by atoms with van der Waals surface area (Å²) in [6.07, 6.45) is 5.09. The van der Waals surface area contributed by atoms with Crippen LogP contribution in [0, 0.1) is 0 Å². The Morgan fingerprint density at radius 1 is 1.32 bits per heavy atom. The molecule has 1 aliphatic heterocycles. The van der Waals surface area contributed by atoms with Crippen LogP contribution in [-0.4, -0.2) is 62.4 Å². The van der Waals surface area contributed by atoms with E-state index >= 15 is 0 Å². The third-order valence-corrected chi connectivity index (χ3v) is 5.93. The third kappa shape index (κ3) is 3.63. The van der Waals surface area contributed by atoms with E-state index in [0.29, 0.717) is 23.6 Å². The molecule has 1 aromatic heterocycles. The lowest BCUT2D eigenvalue weighted by molar-refractivity contribution is 0.0945. The molecule has 1 saturated heterocycles. The average Bonchev–Trinajstić information content (AvgIpc) is 3.03. The fourth-order valence-corrected chi connectivity index (χ4v) is 3.81. The minimum absolute atomic E-state index is 0.00821. The number of likely N-dealkylation sites (tertiary alicyclic amines) is 1. The lowest BCUT2D eigenvalue weighted by Crippen LogP contribution is -2.38. The van der Waals surface area contributed by atoms with Crippen LogP contribution in [0.5, 0.6) is 0 Å². The minimum Gasteiger partial charge on any atom is -0.350 e. The molecular formula is C16H21N5O3S. The number of nitrogens with one attached hydrogen (secondary N) is 2. The maximum Gasteiger partial charge on any atom is 0.253 e. The van der Waals surface area contributed by atoms with Gasteiger partial charge < -0.3 is 10.2 Å². The van der Waals surface area contributed by atoms with Crippen LogP contribution in [0.1, 0.15) is 23.2 Å². The van der Waals surface area contributed by atoms with Crippen molar-refractivity contribution in [1.29, 1.82) is 0 Å². The monoisotopic (exact) mass is 363 g/mol. The van der Waals surface area contributed by atoms with Gasteiger partial charge in [-0.3, -0.25) is 14.8 Å². The minimum atomic E-state index is -3.69. The molecule has 0 saturated carbocycles. The van der Waals surface area contributed by atoms with E-state index in [1.54, 1.807) is 0 Å². The number of rotatable bonds is 5. The van der Waals surface area contributed by atoms with Crippen LogP contribution >= 0.6 is 0 Å². The summed E-state index contributed by atoms with van der Waals surface area (Å²) in [5.74, 6) is -0.348. The Hall–Kier alpha value is -2.10. The number of likely N-dealkylation sites (N-methyl/N-ethyl adjacent to an activating group) is 1. The van der Waals surface area contributed by atoms with E-state index < -0.39 is 10.0 Å². The van der Waals surface area contributed by atoms with Crippen LogP contribution in [0.2, 0.25) is 0 Å². The van der Waals surface area contributed by atoms with Crippen molar-refractivity contribution in [3.05, 3.63) is 30.1 Å². The molecule has 134 valence electrons. The van der Waals surface area contributed by atoms with E-state index in [4.69, 9.17) is 0 Å². The average molecular weight is 363 g/mol. The Balaban J connectivity index is 1.94. The molecule has 2 aromatic rings. The van der Waals surface area contributed by atoms with Gasteiger partial charge in [0.05, 0.1) is 16.0 Å². The zero-order chi connectivity index (χ0) is 18.0. The fourth-order valence-electron chi connectivity index (χ4n) is 3.04. The number of nitrogens with zero attached hydrogens (tertiary/aromatic N) is 3. The van der Waals surface area contributed by atoms with Gasteiger partial charge in [-0.05, 0) is 45.6 Å². The molecular weight excluding hydrogens is 342 g/mol. The largest absolute Gasteiger partial charge is 0.350 e. The molecule has 0 bridgehead atoms. The van der Waals surface area contributed by atoms with Crippen molar-refractivity contribution in [2.24, 2.45) is 0 Å². The van der Waals surface area contributed by atoms with Crippen LogP contribution in [0.4, 0.5) is 0 Å². The number of aromatic nitrogens is 2. The van der Waals surface area contributed by atoms with Crippen LogP contribution in [0.15, 0.2) is 29.4 Å². The first-order valence-corrected chi connectivity index (χ1v) is 9.57. The molecule has 2 N–H and O–H groups in total. The van der Waals surface area contributed by atoms with Crippen molar-refractivity contribution in [2.75, 3.05) is 27.2 Å². The standard InChI is InChI=1S/C16H21N5O3S/c1-17-25(23,24)12-8-13(15-14(9-12)18-5-6-19-15)16(22)20-10-11-4-3-7-21(11)2/h5-6,8-9,11,17H,3-4,7,10H2,1-2H3,(H,20,22). The highest BCUT2D eigenvalue weighted by atomic mass is 32.2. The van der Waals surface area contributed by atoms with E-state index in [-0.39, 0.29) is 16.4 Å². The maximum atomic E-state index is 12.7. The molecule has 9 heteroatoms. The molecule has 1 aliphatic rings. The molecule has 1 atom stereocenters. The molecule has 2 heterocycles. The molecule has 1 amide bonds. The molecule has 1 fully saturated rings. The summed E-state index contributed by atoms with van der Waals surface area (Å²) >= 11 is 0. The highest BCUT2D eigenvalue weighted by Crippen LogP contribution is 2.21. The second-order valence-corrected chi connectivity index (χ2v) is 7.98. The number of amides is 1. The van der Waals surface area contributed by atoms with Gasteiger partial charge in [0.25, 0.3) is 5.91 Å². The summed E-state index contributed by atoms with van der Waals surface area (Å²) in [6, 6.07) is 3.05. The first kappa shape index (κ1) is 17.7. The summed E-state index contributed by atoms with van der Waals surface area (Å²) in [4.78, 5) is 23.2. The number of fused-ring (bicyclic) bond motifs is 1. The molecule has 3 rings (SSSR count). The number of sulfonamides is 1.